The van der Waals surface area contributed by atoms with E-state index in [2.05, 4.69) is 83.6 Å². The van der Waals surface area contributed by atoms with Crippen LogP contribution in [0.3, 0.4) is 0 Å². The van der Waals surface area contributed by atoms with Gasteiger partial charge < -0.3 is 0 Å². The van der Waals surface area contributed by atoms with Gasteiger partial charge in [0.1, 0.15) is 0 Å². The topological polar surface area (TPSA) is 36.9 Å². The van der Waals surface area contributed by atoms with Crippen molar-refractivity contribution in [2.75, 3.05) is 13.6 Å². The molecule has 3 rings (SSSR count). The van der Waals surface area contributed by atoms with E-state index in [0.717, 1.165) is 30.8 Å². The Morgan fingerprint density at radius 2 is 1.80 bits per heavy atom. The molecule has 3 aromatic rings. The van der Waals surface area contributed by atoms with Crippen LogP contribution in [-0.2, 0) is 13.1 Å². The Bertz CT molecular complexity index is 849. The Labute approximate surface area is 154 Å². The van der Waals surface area contributed by atoms with Crippen molar-refractivity contribution in [3.05, 3.63) is 70.5 Å². The zero-order valence-corrected chi connectivity index (χ0v) is 15.6. The average molecular weight is 353 g/mol. The van der Waals surface area contributed by atoms with Crippen molar-refractivity contribution in [1.29, 1.82) is 0 Å². The first-order valence-electron chi connectivity index (χ1n) is 8.58. The number of hydrogen-bond donors (Lipinski definition) is 1. The van der Waals surface area contributed by atoms with Gasteiger partial charge in [-0.25, -0.2) is 4.68 Å². The zero-order chi connectivity index (χ0) is 17.6. The van der Waals surface area contributed by atoms with Gasteiger partial charge >= 0.3 is 0 Å². The van der Waals surface area contributed by atoms with Crippen molar-refractivity contribution in [1.82, 2.24) is 19.7 Å². The van der Waals surface area contributed by atoms with E-state index in [0.29, 0.717) is 11.4 Å². The lowest BCUT2D eigenvalue weighted by molar-refractivity contribution is 0.250. The van der Waals surface area contributed by atoms with Crippen LogP contribution in [0.1, 0.15) is 17.5 Å². The van der Waals surface area contributed by atoms with Crippen LogP contribution < -0.4 is 0 Å². The summed E-state index contributed by atoms with van der Waals surface area (Å²) in [6.07, 6.45) is 2.21. The fourth-order valence-corrected chi connectivity index (χ4v) is 3.00. The standard InChI is InChI=1S/C20H24N4S/c1-16-10-12-18(13-11-16)19-21-20(25)24(22-19)15-23(2)14-6-9-17-7-4-3-5-8-17/h3-5,7-8,10-13H,6,9,14-15H2,1-2H3,(H,21,22,25). The van der Waals surface area contributed by atoms with Crippen LogP contribution in [0.15, 0.2) is 54.6 Å². The summed E-state index contributed by atoms with van der Waals surface area (Å²) in [6, 6.07) is 18.9. The second kappa shape index (κ2) is 8.23. The highest BCUT2D eigenvalue weighted by Gasteiger charge is 2.07. The van der Waals surface area contributed by atoms with Gasteiger partial charge in [0.15, 0.2) is 5.82 Å². The van der Waals surface area contributed by atoms with Gasteiger partial charge in [-0.05, 0) is 51.1 Å². The first-order chi connectivity index (χ1) is 12.1. The number of nitrogens with one attached hydrogen (secondary N) is 1. The second-order valence-electron chi connectivity index (χ2n) is 6.46. The smallest absolute Gasteiger partial charge is 0.217 e. The van der Waals surface area contributed by atoms with Crippen molar-refractivity contribution >= 4 is 12.2 Å². The number of nitrogens with zero attached hydrogens (tertiary/aromatic N) is 3. The minimum atomic E-state index is 0.588. The normalized spacial score (nSPS) is 11.2. The first kappa shape index (κ1) is 17.6. The van der Waals surface area contributed by atoms with Crippen LogP contribution in [0, 0.1) is 11.7 Å². The maximum atomic E-state index is 5.40. The summed E-state index contributed by atoms with van der Waals surface area (Å²) in [5.41, 5.74) is 3.68. The van der Waals surface area contributed by atoms with Gasteiger partial charge in [0, 0.05) is 5.56 Å². The molecule has 5 heteroatoms. The van der Waals surface area contributed by atoms with Crippen LogP contribution in [0.25, 0.3) is 11.4 Å². The molecule has 0 bridgehead atoms. The van der Waals surface area contributed by atoms with E-state index in [9.17, 15) is 0 Å². The fraction of sp³-hybridized carbons (Fsp3) is 0.300. The molecular formula is C20H24N4S. The number of aryl methyl sites for hydroxylation is 2. The van der Waals surface area contributed by atoms with Gasteiger partial charge in [-0.1, -0.05) is 60.2 Å². The number of aromatic nitrogens is 3. The molecular weight excluding hydrogens is 328 g/mol. The van der Waals surface area contributed by atoms with E-state index < -0.39 is 0 Å². The summed E-state index contributed by atoms with van der Waals surface area (Å²) in [5, 5.41) is 3.32. The quantitative estimate of drug-likeness (QED) is 0.639. The molecule has 2 aromatic carbocycles. The van der Waals surface area contributed by atoms with E-state index in [4.69, 9.17) is 12.2 Å². The number of hydrogen-bond acceptors (Lipinski definition) is 3. The Kier molecular flexibility index (Phi) is 5.79. The SMILES string of the molecule is Cc1ccc(-c2nc(=S)n(CN(C)CCCc3ccccc3)[nH]2)cc1. The number of rotatable bonds is 7. The van der Waals surface area contributed by atoms with Crippen LogP contribution >= 0.6 is 12.2 Å². The van der Waals surface area contributed by atoms with Crippen LogP contribution in [-0.4, -0.2) is 33.3 Å². The minimum Gasteiger partial charge on any atom is -0.287 e. The molecule has 0 aliphatic carbocycles. The predicted octanol–water partition coefficient (Wildman–Crippen LogP) is 4.44. The molecule has 0 fully saturated rings. The summed E-state index contributed by atoms with van der Waals surface area (Å²) in [5.74, 6) is 0.822. The largest absolute Gasteiger partial charge is 0.287 e. The minimum absolute atomic E-state index is 0.588. The van der Waals surface area contributed by atoms with Gasteiger partial charge in [-0.3, -0.25) is 10.00 Å². The van der Waals surface area contributed by atoms with Crippen LogP contribution in [0.2, 0.25) is 0 Å². The fourth-order valence-electron chi connectivity index (χ4n) is 2.80. The lowest BCUT2D eigenvalue weighted by Gasteiger charge is -2.16. The van der Waals surface area contributed by atoms with Crippen molar-refractivity contribution in [2.45, 2.75) is 26.4 Å². The van der Waals surface area contributed by atoms with E-state index in [1.165, 1.54) is 11.1 Å². The highest BCUT2D eigenvalue weighted by Crippen LogP contribution is 2.15. The molecule has 4 nitrogen and oxygen atoms in total. The lowest BCUT2D eigenvalue weighted by atomic mass is 10.1. The summed E-state index contributed by atoms with van der Waals surface area (Å²) < 4.78 is 2.51. The molecule has 130 valence electrons. The Hall–Kier alpha value is -2.24. The molecule has 0 radical (unpaired) electrons. The molecule has 0 unspecified atom stereocenters. The third-order valence-electron chi connectivity index (χ3n) is 4.24. The molecule has 1 heterocycles. The molecule has 25 heavy (non-hydrogen) atoms. The summed E-state index contributed by atoms with van der Waals surface area (Å²) in [4.78, 5) is 6.75. The predicted molar refractivity (Wildman–Crippen MR) is 105 cm³/mol. The van der Waals surface area contributed by atoms with Crippen molar-refractivity contribution < 1.29 is 0 Å². The monoisotopic (exact) mass is 352 g/mol. The molecule has 1 aromatic heterocycles. The summed E-state index contributed by atoms with van der Waals surface area (Å²) in [7, 11) is 2.11. The molecule has 0 saturated carbocycles. The van der Waals surface area contributed by atoms with Crippen LogP contribution in [0.5, 0.6) is 0 Å². The van der Waals surface area contributed by atoms with Gasteiger partial charge in [0.25, 0.3) is 0 Å². The Morgan fingerprint density at radius 1 is 1.08 bits per heavy atom. The average Bonchev–Trinajstić information content (AvgIpc) is 2.97. The maximum Gasteiger partial charge on any atom is 0.217 e. The van der Waals surface area contributed by atoms with Gasteiger partial charge in [-0.15, -0.1) is 0 Å². The maximum absolute atomic E-state index is 5.40. The molecule has 1 N–H and O–H groups in total. The highest BCUT2D eigenvalue weighted by atomic mass is 32.1. The van der Waals surface area contributed by atoms with Crippen molar-refractivity contribution in [3.63, 3.8) is 0 Å². The van der Waals surface area contributed by atoms with Gasteiger partial charge in [0.05, 0.1) is 6.67 Å². The second-order valence-corrected chi connectivity index (χ2v) is 6.82. The Morgan fingerprint density at radius 3 is 2.52 bits per heavy atom. The summed E-state index contributed by atoms with van der Waals surface area (Å²) >= 11 is 5.40. The van der Waals surface area contributed by atoms with Gasteiger partial charge in [-0.2, -0.15) is 4.98 Å². The van der Waals surface area contributed by atoms with E-state index >= 15 is 0 Å². The van der Waals surface area contributed by atoms with E-state index in [-0.39, 0.29) is 0 Å². The number of H-pyrrole nitrogens is 1. The van der Waals surface area contributed by atoms with Crippen LogP contribution in [0.4, 0.5) is 0 Å². The molecule has 0 spiro atoms. The molecule has 0 aliphatic heterocycles. The van der Waals surface area contributed by atoms with Gasteiger partial charge in [0.2, 0.25) is 4.77 Å². The zero-order valence-electron chi connectivity index (χ0n) is 14.8. The summed E-state index contributed by atoms with van der Waals surface area (Å²) in [6.45, 7) is 3.80. The molecule has 0 aliphatic rings. The number of aromatic amines is 1. The van der Waals surface area contributed by atoms with E-state index in [1.807, 2.05) is 4.68 Å². The van der Waals surface area contributed by atoms with Crippen molar-refractivity contribution in [2.24, 2.45) is 0 Å². The highest BCUT2D eigenvalue weighted by molar-refractivity contribution is 7.71. The lowest BCUT2D eigenvalue weighted by Crippen LogP contribution is -2.24. The van der Waals surface area contributed by atoms with E-state index in [1.54, 1.807) is 0 Å². The molecule has 0 amide bonds. The Balaban J connectivity index is 1.57. The third kappa shape index (κ3) is 4.87. The number of benzene rings is 2. The van der Waals surface area contributed by atoms with Crippen molar-refractivity contribution in [3.8, 4) is 11.4 Å². The molecule has 0 saturated heterocycles. The molecule has 0 atom stereocenters. The first-order valence-corrected chi connectivity index (χ1v) is 8.99. The third-order valence-corrected chi connectivity index (χ3v) is 4.55.